The Kier molecular flexibility index (Phi) is 2.52. The van der Waals surface area contributed by atoms with Gasteiger partial charge in [-0.15, -0.1) is 0 Å². The minimum Gasteiger partial charge on any atom is -0.347 e. The maximum Gasteiger partial charge on any atom is 0.132 e. The van der Waals surface area contributed by atoms with E-state index in [1.165, 1.54) is 22.5 Å². The molecule has 96 valence electrons. The van der Waals surface area contributed by atoms with Gasteiger partial charge in [-0.25, -0.2) is 4.98 Å². The number of hydrogen-bond donors (Lipinski definition) is 1. The lowest BCUT2D eigenvalue weighted by Gasteiger charge is -2.37. The number of benzene rings is 1. The molecule has 2 aromatic rings. The van der Waals surface area contributed by atoms with E-state index in [0.717, 1.165) is 26.1 Å². The zero-order valence-electron chi connectivity index (χ0n) is 10.8. The van der Waals surface area contributed by atoms with Gasteiger partial charge in [0.25, 0.3) is 0 Å². The summed E-state index contributed by atoms with van der Waals surface area (Å²) in [6, 6.07) is 13.5. The number of nitrogens with zero attached hydrogens (tertiary/aromatic N) is 2. The van der Waals surface area contributed by atoms with Gasteiger partial charge in [-0.3, -0.25) is 0 Å². The van der Waals surface area contributed by atoms with Crippen LogP contribution in [0.3, 0.4) is 0 Å². The van der Waals surface area contributed by atoms with Crippen molar-refractivity contribution in [3.63, 3.8) is 0 Å². The number of piperazine rings is 1. The Morgan fingerprint density at radius 1 is 1.11 bits per heavy atom. The molecule has 0 saturated carbocycles. The van der Waals surface area contributed by atoms with E-state index in [4.69, 9.17) is 0 Å². The first-order valence-corrected chi connectivity index (χ1v) is 6.92. The summed E-state index contributed by atoms with van der Waals surface area (Å²) in [6.07, 6.45) is 2.90. The minimum atomic E-state index is 0.418. The zero-order chi connectivity index (χ0) is 12.7. The largest absolute Gasteiger partial charge is 0.347 e. The molecule has 3 nitrogen and oxygen atoms in total. The van der Waals surface area contributed by atoms with Crippen LogP contribution in [0, 0.1) is 0 Å². The van der Waals surface area contributed by atoms with Crippen molar-refractivity contribution >= 4 is 5.82 Å². The third-order valence-electron chi connectivity index (χ3n) is 4.18. The molecule has 1 aromatic heterocycles. The van der Waals surface area contributed by atoms with E-state index in [-0.39, 0.29) is 0 Å². The molecule has 1 unspecified atom stereocenters. The Hall–Kier alpha value is -1.87. The Balaban J connectivity index is 1.92. The second kappa shape index (κ2) is 4.35. The van der Waals surface area contributed by atoms with Crippen LogP contribution in [0.1, 0.15) is 22.7 Å². The highest BCUT2D eigenvalue weighted by molar-refractivity contribution is 5.56. The molecule has 2 aliphatic heterocycles. The molecule has 1 N–H and O–H groups in total. The van der Waals surface area contributed by atoms with Gasteiger partial charge in [-0.05, 0) is 22.8 Å². The first kappa shape index (κ1) is 11.0. The average molecular weight is 251 g/mol. The predicted octanol–water partition coefficient (Wildman–Crippen LogP) is 2.14. The number of rotatable bonds is 0. The summed E-state index contributed by atoms with van der Waals surface area (Å²) >= 11 is 0. The number of fused-ring (bicyclic) bond motifs is 5. The van der Waals surface area contributed by atoms with Gasteiger partial charge in [0, 0.05) is 32.3 Å². The zero-order valence-corrected chi connectivity index (χ0v) is 10.8. The maximum absolute atomic E-state index is 4.64. The molecular weight excluding hydrogens is 234 g/mol. The molecule has 0 bridgehead atoms. The van der Waals surface area contributed by atoms with E-state index in [1.807, 2.05) is 12.3 Å². The molecule has 2 aliphatic rings. The van der Waals surface area contributed by atoms with Crippen molar-refractivity contribution in [2.75, 3.05) is 24.5 Å². The maximum atomic E-state index is 4.64. The molecule has 1 aromatic carbocycles. The van der Waals surface area contributed by atoms with Crippen molar-refractivity contribution in [1.82, 2.24) is 10.3 Å². The van der Waals surface area contributed by atoms with Crippen LogP contribution in [-0.2, 0) is 6.42 Å². The van der Waals surface area contributed by atoms with E-state index in [0.29, 0.717) is 6.04 Å². The van der Waals surface area contributed by atoms with E-state index < -0.39 is 0 Å². The highest BCUT2D eigenvalue weighted by atomic mass is 15.3. The van der Waals surface area contributed by atoms with Crippen LogP contribution in [0.4, 0.5) is 5.82 Å². The third kappa shape index (κ3) is 1.73. The van der Waals surface area contributed by atoms with Crippen LogP contribution in [0.2, 0.25) is 0 Å². The standard InChI is InChI=1S/C16H17N3/c1-2-6-14-12(4-1)10-13-5-3-7-18-16(13)19-9-8-17-11-15(14)19/h1-7,15,17H,8-11H2. The molecule has 4 rings (SSSR count). The average Bonchev–Trinajstić information content (AvgIpc) is 2.62. The van der Waals surface area contributed by atoms with Crippen molar-refractivity contribution in [2.45, 2.75) is 12.5 Å². The van der Waals surface area contributed by atoms with Gasteiger partial charge in [0.15, 0.2) is 0 Å². The van der Waals surface area contributed by atoms with Crippen molar-refractivity contribution in [3.05, 3.63) is 59.3 Å². The Labute approximate surface area is 113 Å². The number of anilines is 1. The van der Waals surface area contributed by atoms with Crippen LogP contribution in [0.25, 0.3) is 0 Å². The lowest BCUT2D eigenvalue weighted by molar-refractivity contribution is 0.487. The summed E-state index contributed by atoms with van der Waals surface area (Å²) in [5, 5.41) is 3.51. The molecule has 0 radical (unpaired) electrons. The van der Waals surface area contributed by atoms with E-state index in [2.05, 4.69) is 45.5 Å². The summed E-state index contributed by atoms with van der Waals surface area (Å²) in [7, 11) is 0. The molecule has 3 heterocycles. The van der Waals surface area contributed by atoms with Gasteiger partial charge in [0.2, 0.25) is 0 Å². The number of hydrogen-bond acceptors (Lipinski definition) is 3. The molecule has 19 heavy (non-hydrogen) atoms. The summed E-state index contributed by atoms with van der Waals surface area (Å²) < 4.78 is 0. The molecule has 1 atom stereocenters. The van der Waals surface area contributed by atoms with Crippen molar-refractivity contribution < 1.29 is 0 Å². The minimum absolute atomic E-state index is 0.418. The first-order valence-electron chi connectivity index (χ1n) is 6.92. The van der Waals surface area contributed by atoms with Crippen molar-refractivity contribution in [2.24, 2.45) is 0 Å². The lowest BCUT2D eigenvalue weighted by Crippen LogP contribution is -2.46. The van der Waals surface area contributed by atoms with Gasteiger partial charge < -0.3 is 10.2 Å². The summed E-state index contributed by atoms with van der Waals surface area (Å²) in [6.45, 7) is 3.07. The molecule has 1 fully saturated rings. The number of aromatic nitrogens is 1. The number of pyridine rings is 1. The van der Waals surface area contributed by atoms with Gasteiger partial charge in [-0.2, -0.15) is 0 Å². The van der Waals surface area contributed by atoms with E-state index in [1.54, 1.807) is 0 Å². The summed E-state index contributed by atoms with van der Waals surface area (Å²) in [5.41, 5.74) is 4.24. The van der Waals surface area contributed by atoms with Gasteiger partial charge in [-0.1, -0.05) is 30.3 Å². The normalized spacial score (nSPS) is 21.1. The molecule has 1 saturated heterocycles. The fourth-order valence-electron chi connectivity index (χ4n) is 3.29. The van der Waals surface area contributed by atoms with E-state index >= 15 is 0 Å². The van der Waals surface area contributed by atoms with Crippen LogP contribution in [0.15, 0.2) is 42.6 Å². The van der Waals surface area contributed by atoms with Crippen LogP contribution in [0.5, 0.6) is 0 Å². The quantitative estimate of drug-likeness (QED) is 0.777. The fraction of sp³-hybridized carbons (Fsp3) is 0.312. The van der Waals surface area contributed by atoms with Crippen LogP contribution in [-0.4, -0.2) is 24.6 Å². The predicted molar refractivity (Wildman–Crippen MR) is 76.4 cm³/mol. The smallest absolute Gasteiger partial charge is 0.132 e. The summed E-state index contributed by atoms with van der Waals surface area (Å²) in [5.74, 6) is 1.17. The van der Waals surface area contributed by atoms with Gasteiger partial charge in [0.05, 0.1) is 6.04 Å². The Bertz CT molecular complexity index is 555. The Morgan fingerprint density at radius 2 is 2.00 bits per heavy atom. The fourth-order valence-corrected chi connectivity index (χ4v) is 3.29. The van der Waals surface area contributed by atoms with Crippen LogP contribution >= 0.6 is 0 Å². The molecule has 3 heteroatoms. The van der Waals surface area contributed by atoms with Crippen molar-refractivity contribution in [3.8, 4) is 0 Å². The molecular formula is C16H17N3. The SMILES string of the molecule is c1ccc2c(c1)Cc1cccnc1N1CCNCC21. The van der Waals surface area contributed by atoms with Crippen molar-refractivity contribution in [1.29, 1.82) is 0 Å². The van der Waals surface area contributed by atoms with Crippen LogP contribution < -0.4 is 10.2 Å². The van der Waals surface area contributed by atoms with E-state index in [9.17, 15) is 0 Å². The molecule has 0 aliphatic carbocycles. The number of nitrogens with one attached hydrogen (secondary N) is 1. The molecule has 0 spiro atoms. The topological polar surface area (TPSA) is 28.2 Å². The second-order valence-corrected chi connectivity index (χ2v) is 5.28. The molecule has 0 amide bonds. The van der Waals surface area contributed by atoms with Gasteiger partial charge in [0.1, 0.15) is 5.82 Å². The third-order valence-corrected chi connectivity index (χ3v) is 4.18. The second-order valence-electron chi connectivity index (χ2n) is 5.28. The monoisotopic (exact) mass is 251 g/mol. The Morgan fingerprint density at radius 3 is 3.00 bits per heavy atom. The lowest BCUT2D eigenvalue weighted by atomic mass is 9.96. The first-order chi connectivity index (χ1) is 9.43. The summed E-state index contributed by atoms with van der Waals surface area (Å²) in [4.78, 5) is 7.11. The highest BCUT2D eigenvalue weighted by Crippen LogP contribution is 2.36. The highest BCUT2D eigenvalue weighted by Gasteiger charge is 2.30. The van der Waals surface area contributed by atoms with Gasteiger partial charge >= 0.3 is 0 Å².